The zero-order valence-electron chi connectivity index (χ0n) is 10.6. The smallest absolute Gasteiger partial charge is 0.273 e. The number of nitrogens with one attached hydrogen (secondary N) is 1. The fourth-order valence-electron chi connectivity index (χ4n) is 1.59. The predicted octanol–water partition coefficient (Wildman–Crippen LogP) is 1.85. The number of hydrogen-bond acceptors (Lipinski definition) is 4. The molecule has 0 aliphatic rings. The number of rotatable bonds is 4. The molecule has 0 atom stereocenters. The number of nitrogens with zero attached hydrogens (tertiary/aromatic N) is 1. The number of nitrogen functional groups attached to an aromatic ring is 1. The Bertz CT molecular complexity index is 648. The number of carbonyl (C=O) groups is 2. The van der Waals surface area contributed by atoms with E-state index in [1.807, 2.05) is 0 Å². The standard InChI is InChI=1S/C15H13N3O2/c16-14-4-2-1-3-13(14)15(20)18-17-9-11-5-7-12(10-19)8-6-11/h1-10H,16H2,(H,18,20)/b17-9+. The third-order valence-electron chi connectivity index (χ3n) is 2.66. The van der Waals surface area contributed by atoms with Crippen LogP contribution in [0.1, 0.15) is 26.3 Å². The summed E-state index contributed by atoms with van der Waals surface area (Å²) >= 11 is 0. The van der Waals surface area contributed by atoms with Gasteiger partial charge in [0.15, 0.2) is 0 Å². The molecule has 1 amide bonds. The molecule has 2 rings (SSSR count). The van der Waals surface area contributed by atoms with Crippen molar-refractivity contribution < 1.29 is 9.59 Å². The minimum absolute atomic E-state index is 0.371. The number of hydrazone groups is 1. The van der Waals surface area contributed by atoms with Crippen molar-refractivity contribution in [1.82, 2.24) is 5.43 Å². The van der Waals surface area contributed by atoms with Crippen LogP contribution in [-0.2, 0) is 0 Å². The number of hydrogen-bond donors (Lipinski definition) is 2. The van der Waals surface area contributed by atoms with Crippen molar-refractivity contribution in [3.63, 3.8) is 0 Å². The number of benzene rings is 2. The van der Waals surface area contributed by atoms with Crippen LogP contribution in [-0.4, -0.2) is 18.4 Å². The average Bonchev–Trinajstić information content (AvgIpc) is 2.48. The van der Waals surface area contributed by atoms with Gasteiger partial charge in [-0.2, -0.15) is 5.10 Å². The van der Waals surface area contributed by atoms with Gasteiger partial charge in [-0.3, -0.25) is 9.59 Å². The lowest BCUT2D eigenvalue weighted by Gasteiger charge is -2.02. The van der Waals surface area contributed by atoms with E-state index in [1.165, 1.54) is 6.21 Å². The van der Waals surface area contributed by atoms with Crippen LogP contribution < -0.4 is 11.2 Å². The van der Waals surface area contributed by atoms with Crippen LogP contribution in [0.4, 0.5) is 5.69 Å². The summed E-state index contributed by atoms with van der Waals surface area (Å²) in [4.78, 5) is 22.3. The maximum atomic E-state index is 11.8. The van der Waals surface area contributed by atoms with Crippen LogP contribution in [0.15, 0.2) is 53.6 Å². The summed E-state index contributed by atoms with van der Waals surface area (Å²) in [6.45, 7) is 0. The van der Waals surface area contributed by atoms with Crippen LogP contribution in [0.5, 0.6) is 0 Å². The Morgan fingerprint density at radius 1 is 1.05 bits per heavy atom. The normalized spacial score (nSPS) is 10.4. The lowest BCUT2D eigenvalue weighted by molar-refractivity contribution is 0.0955. The molecule has 0 aliphatic heterocycles. The van der Waals surface area contributed by atoms with Crippen LogP contribution in [0.3, 0.4) is 0 Å². The molecule has 0 saturated heterocycles. The molecule has 0 saturated carbocycles. The molecule has 0 aliphatic carbocycles. The van der Waals surface area contributed by atoms with Crippen molar-refractivity contribution in [3.8, 4) is 0 Å². The highest BCUT2D eigenvalue weighted by Crippen LogP contribution is 2.09. The third-order valence-corrected chi connectivity index (χ3v) is 2.66. The molecule has 0 bridgehead atoms. The zero-order chi connectivity index (χ0) is 14.4. The molecule has 0 spiro atoms. The molecule has 2 aromatic carbocycles. The second-order valence-corrected chi connectivity index (χ2v) is 4.07. The largest absolute Gasteiger partial charge is 0.398 e. The van der Waals surface area contributed by atoms with E-state index in [0.29, 0.717) is 16.8 Å². The first-order chi connectivity index (χ1) is 9.70. The van der Waals surface area contributed by atoms with E-state index in [1.54, 1.807) is 48.5 Å². The topological polar surface area (TPSA) is 84.6 Å². The van der Waals surface area contributed by atoms with Crippen LogP contribution in [0, 0.1) is 0 Å². The van der Waals surface area contributed by atoms with Crippen LogP contribution in [0.2, 0.25) is 0 Å². The molecule has 0 aromatic heterocycles. The Labute approximate surface area is 116 Å². The van der Waals surface area contributed by atoms with E-state index in [4.69, 9.17) is 5.73 Å². The summed E-state index contributed by atoms with van der Waals surface area (Å²) in [5.41, 5.74) is 10.2. The van der Waals surface area contributed by atoms with Gasteiger partial charge in [-0.25, -0.2) is 5.43 Å². The SMILES string of the molecule is Nc1ccccc1C(=O)N/N=C/c1ccc(C=O)cc1. The summed E-state index contributed by atoms with van der Waals surface area (Å²) in [5, 5.41) is 3.85. The van der Waals surface area contributed by atoms with Crippen LogP contribution >= 0.6 is 0 Å². The molecule has 0 unspecified atom stereocenters. The maximum absolute atomic E-state index is 11.8. The first-order valence-electron chi connectivity index (χ1n) is 5.94. The highest BCUT2D eigenvalue weighted by atomic mass is 16.2. The molecule has 100 valence electrons. The summed E-state index contributed by atoms with van der Waals surface area (Å²) in [6, 6.07) is 13.6. The molecule has 2 aromatic rings. The van der Waals surface area contributed by atoms with E-state index >= 15 is 0 Å². The zero-order valence-corrected chi connectivity index (χ0v) is 10.6. The Morgan fingerprint density at radius 2 is 1.70 bits per heavy atom. The van der Waals surface area contributed by atoms with Gasteiger partial charge in [-0.15, -0.1) is 0 Å². The number of anilines is 1. The fraction of sp³-hybridized carbons (Fsp3) is 0. The molecule has 5 heteroatoms. The third kappa shape index (κ3) is 3.29. The predicted molar refractivity (Wildman–Crippen MR) is 77.7 cm³/mol. The number of amides is 1. The van der Waals surface area contributed by atoms with Crippen molar-refractivity contribution in [2.24, 2.45) is 5.10 Å². The second-order valence-electron chi connectivity index (χ2n) is 4.07. The lowest BCUT2D eigenvalue weighted by atomic mass is 10.2. The summed E-state index contributed by atoms with van der Waals surface area (Å²) < 4.78 is 0. The Hall–Kier alpha value is -2.95. The number of para-hydroxylation sites is 1. The molecule has 0 heterocycles. The van der Waals surface area contributed by atoms with E-state index in [2.05, 4.69) is 10.5 Å². The Morgan fingerprint density at radius 3 is 2.35 bits per heavy atom. The van der Waals surface area contributed by atoms with Crippen molar-refractivity contribution in [1.29, 1.82) is 0 Å². The van der Waals surface area contributed by atoms with Crippen molar-refractivity contribution >= 4 is 24.1 Å². The second kappa shape index (κ2) is 6.29. The summed E-state index contributed by atoms with van der Waals surface area (Å²) in [5.74, 6) is -0.371. The van der Waals surface area contributed by atoms with E-state index in [0.717, 1.165) is 11.8 Å². The number of aldehydes is 1. The van der Waals surface area contributed by atoms with Gasteiger partial charge in [-0.05, 0) is 17.7 Å². The lowest BCUT2D eigenvalue weighted by Crippen LogP contribution is -2.18. The molecule has 0 radical (unpaired) electrons. The molecule has 20 heavy (non-hydrogen) atoms. The summed E-state index contributed by atoms with van der Waals surface area (Å²) in [7, 11) is 0. The summed E-state index contributed by atoms with van der Waals surface area (Å²) in [6.07, 6.45) is 2.26. The molecular weight excluding hydrogens is 254 g/mol. The Kier molecular flexibility index (Phi) is 4.24. The van der Waals surface area contributed by atoms with Gasteiger partial charge in [0.1, 0.15) is 6.29 Å². The minimum atomic E-state index is -0.371. The van der Waals surface area contributed by atoms with Gasteiger partial charge in [0.05, 0.1) is 11.8 Å². The van der Waals surface area contributed by atoms with Gasteiger partial charge in [0.2, 0.25) is 0 Å². The van der Waals surface area contributed by atoms with Gasteiger partial charge >= 0.3 is 0 Å². The van der Waals surface area contributed by atoms with Gasteiger partial charge in [0.25, 0.3) is 5.91 Å². The van der Waals surface area contributed by atoms with E-state index in [-0.39, 0.29) is 5.91 Å². The quantitative estimate of drug-likeness (QED) is 0.383. The molecule has 0 fully saturated rings. The molecule has 5 nitrogen and oxygen atoms in total. The van der Waals surface area contributed by atoms with Crippen molar-refractivity contribution in [2.45, 2.75) is 0 Å². The minimum Gasteiger partial charge on any atom is -0.398 e. The van der Waals surface area contributed by atoms with Crippen molar-refractivity contribution in [2.75, 3.05) is 5.73 Å². The number of nitrogens with two attached hydrogens (primary N) is 1. The Balaban J connectivity index is 2.00. The van der Waals surface area contributed by atoms with Crippen molar-refractivity contribution in [3.05, 3.63) is 65.2 Å². The van der Waals surface area contributed by atoms with E-state index < -0.39 is 0 Å². The average molecular weight is 267 g/mol. The highest BCUT2D eigenvalue weighted by Gasteiger charge is 2.06. The monoisotopic (exact) mass is 267 g/mol. The maximum Gasteiger partial charge on any atom is 0.273 e. The van der Waals surface area contributed by atoms with Gasteiger partial charge < -0.3 is 5.73 Å². The van der Waals surface area contributed by atoms with Crippen LogP contribution in [0.25, 0.3) is 0 Å². The first-order valence-corrected chi connectivity index (χ1v) is 5.94. The number of carbonyl (C=O) groups excluding carboxylic acids is 2. The van der Waals surface area contributed by atoms with Gasteiger partial charge in [0, 0.05) is 11.3 Å². The molecular formula is C15H13N3O2. The fourth-order valence-corrected chi connectivity index (χ4v) is 1.59. The van der Waals surface area contributed by atoms with Gasteiger partial charge in [-0.1, -0.05) is 36.4 Å². The first kappa shape index (κ1) is 13.5. The highest BCUT2D eigenvalue weighted by molar-refractivity contribution is 5.99. The molecule has 3 N–H and O–H groups in total. The van der Waals surface area contributed by atoms with E-state index in [9.17, 15) is 9.59 Å².